The van der Waals surface area contributed by atoms with Gasteiger partial charge in [-0.05, 0) is 46.1 Å². The third-order valence-electron chi connectivity index (χ3n) is 6.06. The fraction of sp³-hybridized carbons (Fsp3) is 0.519. The van der Waals surface area contributed by atoms with Gasteiger partial charge in [-0.2, -0.15) is 0 Å². The number of esters is 2. The Morgan fingerprint density at radius 2 is 1.79 bits per heavy atom. The third-order valence-corrected chi connectivity index (χ3v) is 6.06. The third kappa shape index (κ3) is 8.32. The highest BCUT2D eigenvalue weighted by Crippen LogP contribution is 2.27. The van der Waals surface area contributed by atoms with Crippen LogP contribution in [0.25, 0.3) is 0 Å². The molecule has 1 aliphatic rings. The molecule has 0 spiro atoms. The predicted molar refractivity (Wildman–Crippen MR) is 142 cm³/mol. The molecule has 2 aromatic rings. The zero-order valence-corrected chi connectivity index (χ0v) is 22.7. The van der Waals surface area contributed by atoms with Crippen molar-refractivity contribution in [2.24, 2.45) is 5.92 Å². The van der Waals surface area contributed by atoms with E-state index in [9.17, 15) is 14.4 Å². The summed E-state index contributed by atoms with van der Waals surface area (Å²) in [7, 11) is 1.41. The summed E-state index contributed by atoms with van der Waals surface area (Å²) in [6.07, 6.45) is 2.06. The van der Waals surface area contributed by atoms with Gasteiger partial charge in [0.2, 0.25) is 0 Å². The Bertz CT molecular complexity index is 1100. The monoisotopic (exact) mass is 527 g/mol. The van der Waals surface area contributed by atoms with E-state index < -0.39 is 23.7 Å². The van der Waals surface area contributed by atoms with Crippen LogP contribution in [0.1, 0.15) is 44.7 Å². The van der Waals surface area contributed by atoms with Crippen molar-refractivity contribution in [3.05, 3.63) is 47.8 Å². The number of aromatic nitrogens is 2. The standard InChI is InChI=1S/C27H37N5O6/c1-18-22(29-17-30-23(18)32-13-11-20(12-14-32)24(33)36-5)28-15-21(25(34)38-27(2,3)4)31-26(35)37-16-19-9-7-6-8-10-19/h6-10,17,20-21H,11-16H2,1-5H3,(H,31,35)(H,28,29,30)/t21-/m0/s1. The number of rotatable bonds is 9. The maximum absolute atomic E-state index is 12.9. The minimum absolute atomic E-state index is 0.0249. The van der Waals surface area contributed by atoms with Gasteiger partial charge in [0.25, 0.3) is 0 Å². The molecule has 2 heterocycles. The average molecular weight is 528 g/mol. The van der Waals surface area contributed by atoms with E-state index in [-0.39, 0.29) is 25.0 Å². The van der Waals surface area contributed by atoms with E-state index in [4.69, 9.17) is 14.2 Å². The topological polar surface area (TPSA) is 132 Å². The number of alkyl carbamates (subject to hydrolysis) is 1. The number of anilines is 2. The molecule has 0 saturated carbocycles. The minimum Gasteiger partial charge on any atom is -0.469 e. The van der Waals surface area contributed by atoms with Crippen molar-refractivity contribution < 1.29 is 28.6 Å². The van der Waals surface area contributed by atoms with Crippen LogP contribution in [0.15, 0.2) is 36.7 Å². The van der Waals surface area contributed by atoms with E-state index in [1.165, 1.54) is 13.4 Å². The molecule has 206 valence electrons. The second kappa shape index (κ2) is 13.1. The van der Waals surface area contributed by atoms with Crippen molar-refractivity contribution in [2.45, 2.75) is 58.8 Å². The molecule has 0 bridgehead atoms. The van der Waals surface area contributed by atoms with Crippen LogP contribution in [0, 0.1) is 12.8 Å². The van der Waals surface area contributed by atoms with Gasteiger partial charge in [-0.25, -0.2) is 19.6 Å². The molecule has 0 radical (unpaired) electrons. The number of hydrogen-bond acceptors (Lipinski definition) is 10. The van der Waals surface area contributed by atoms with Crippen LogP contribution in [-0.4, -0.2) is 66.4 Å². The molecular formula is C27H37N5O6. The molecule has 1 atom stereocenters. The number of benzene rings is 1. The molecule has 0 aliphatic carbocycles. The van der Waals surface area contributed by atoms with Crippen LogP contribution in [0.5, 0.6) is 0 Å². The Balaban J connectivity index is 1.65. The minimum atomic E-state index is -1.02. The van der Waals surface area contributed by atoms with E-state index in [2.05, 4.69) is 25.5 Å². The lowest BCUT2D eigenvalue weighted by Crippen LogP contribution is -2.48. The summed E-state index contributed by atoms with van der Waals surface area (Å²) in [4.78, 5) is 48.1. The largest absolute Gasteiger partial charge is 0.469 e. The molecule has 2 N–H and O–H groups in total. The lowest BCUT2D eigenvalue weighted by molar-refractivity contribution is -0.157. The number of piperidine rings is 1. The second-order valence-electron chi connectivity index (χ2n) is 10.1. The lowest BCUT2D eigenvalue weighted by atomic mass is 9.97. The van der Waals surface area contributed by atoms with Gasteiger partial charge in [0.1, 0.15) is 36.2 Å². The molecule has 3 rings (SSSR count). The van der Waals surface area contributed by atoms with Gasteiger partial charge in [0.15, 0.2) is 0 Å². The van der Waals surface area contributed by atoms with Crippen molar-refractivity contribution in [1.82, 2.24) is 15.3 Å². The number of amides is 1. The number of ether oxygens (including phenoxy) is 3. The molecular weight excluding hydrogens is 490 g/mol. The summed E-state index contributed by atoms with van der Waals surface area (Å²) in [5.74, 6) is 0.374. The summed E-state index contributed by atoms with van der Waals surface area (Å²) in [5.41, 5.74) is 0.882. The smallest absolute Gasteiger partial charge is 0.408 e. The molecule has 1 saturated heterocycles. The van der Waals surface area contributed by atoms with Crippen LogP contribution in [0.3, 0.4) is 0 Å². The fourth-order valence-corrected chi connectivity index (χ4v) is 4.10. The normalized spacial score (nSPS) is 14.8. The SMILES string of the molecule is COC(=O)C1CCN(c2ncnc(NC[C@H](NC(=O)OCc3ccccc3)C(=O)OC(C)(C)C)c2C)CC1. The van der Waals surface area contributed by atoms with Gasteiger partial charge < -0.3 is 29.7 Å². The van der Waals surface area contributed by atoms with Gasteiger partial charge in [0, 0.05) is 25.2 Å². The number of hydrogen-bond donors (Lipinski definition) is 2. The number of carbonyl (C=O) groups is 3. The van der Waals surface area contributed by atoms with E-state index >= 15 is 0 Å². The Labute approximate surface area is 223 Å². The first kappa shape index (κ1) is 28.7. The first-order valence-corrected chi connectivity index (χ1v) is 12.7. The quantitative estimate of drug-likeness (QED) is 0.370. The summed E-state index contributed by atoms with van der Waals surface area (Å²) in [5, 5.41) is 5.75. The van der Waals surface area contributed by atoms with Crippen molar-refractivity contribution >= 4 is 29.7 Å². The number of nitrogens with one attached hydrogen (secondary N) is 2. The van der Waals surface area contributed by atoms with Crippen LogP contribution in [0.2, 0.25) is 0 Å². The number of methoxy groups -OCH3 is 1. The first-order chi connectivity index (χ1) is 18.1. The highest BCUT2D eigenvalue weighted by Gasteiger charge is 2.29. The number of nitrogens with zero attached hydrogens (tertiary/aromatic N) is 3. The molecule has 0 unspecified atom stereocenters. The zero-order chi connectivity index (χ0) is 27.7. The molecule has 1 fully saturated rings. The molecule has 1 aromatic heterocycles. The highest BCUT2D eigenvalue weighted by molar-refractivity contribution is 5.82. The van der Waals surface area contributed by atoms with Crippen molar-refractivity contribution in [2.75, 3.05) is 37.0 Å². The molecule has 38 heavy (non-hydrogen) atoms. The number of carbonyl (C=O) groups excluding carboxylic acids is 3. The maximum Gasteiger partial charge on any atom is 0.408 e. The molecule has 11 heteroatoms. The Morgan fingerprint density at radius 3 is 2.42 bits per heavy atom. The van der Waals surface area contributed by atoms with E-state index in [1.807, 2.05) is 37.3 Å². The van der Waals surface area contributed by atoms with Gasteiger partial charge in [0.05, 0.1) is 13.0 Å². The highest BCUT2D eigenvalue weighted by atomic mass is 16.6. The van der Waals surface area contributed by atoms with Gasteiger partial charge in [-0.3, -0.25) is 4.79 Å². The van der Waals surface area contributed by atoms with Crippen molar-refractivity contribution in [3.63, 3.8) is 0 Å². The molecule has 1 aromatic carbocycles. The average Bonchev–Trinajstić information content (AvgIpc) is 2.89. The van der Waals surface area contributed by atoms with Crippen LogP contribution in [0.4, 0.5) is 16.4 Å². The molecule has 1 amide bonds. The van der Waals surface area contributed by atoms with Gasteiger partial charge in [-0.15, -0.1) is 0 Å². The second-order valence-corrected chi connectivity index (χ2v) is 10.1. The Hall–Kier alpha value is -3.89. The maximum atomic E-state index is 12.9. The Morgan fingerprint density at radius 1 is 1.11 bits per heavy atom. The Kier molecular flexibility index (Phi) is 9.86. The van der Waals surface area contributed by atoms with Crippen LogP contribution >= 0.6 is 0 Å². The molecule has 11 nitrogen and oxygen atoms in total. The lowest BCUT2D eigenvalue weighted by Gasteiger charge is -2.32. The summed E-state index contributed by atoms with van der Waals surface area (Å²) >= 11 is 0. The van der Waals surface area contributed by atoms with Crippen molar-refractivity contribution in [1.29, 1.82) is 0 Å². The van der Waals surface area contributed by atoms with E-state index in [0.717, 1.165) is 16.9 Å². The predicted octanol–water partition coefficient (Wildman–Crippen LogP) is 3.22. The summed E-state index contributed by atoms with van der Waals surface area (Å²) in [6.45, 7) is 8.57. The van der Waals surface area contributed by atoms with Crippen LogP contribution in [-0.2, 0) is 30.4 Å². The fourth-order valence-electron chi connectivity index (χ4n) is 4.10. The summed E-state index contributed by atoms with van der Waals surface area (Å²) < 4.78 is 15.7. The van der Waals surface area contributed by atoms with Gasteiger partial charge >= 0.3 is 18.0 Å². The van der Waals surface area contributed by atoms with Gasteiger partial charge in [-0.1, -0.05) is 30.3 Å². The van der Waals surface area contributed by atoms with E-state index in [1.54, 1.807) is 20.8 Å². The van der Waals surface area contributed by atoms with E-state index in [0.29, 0.717) is 31.7 Å². The zero-order valence-electron chi connectivity index (χ0n) is 22.7. The summed E-state index contributed by atoms with van der Waals surface area (Å²) in [6, 6.07) is 8.24. The molecule has 1 aliphatic heterocycles. The van der Waals surface area contributed by atoms with Crippen molar-refractivity contribution in [3.8, 4) is 0 Å². The van der Waals surface area contributed by atoms with Crippen LogP contribution < -0.4 is 15.5 Å². The first-order valence-electron chi connectivity index (χ1n) is 12.7.